The highest BCUT2D eigenvalue weighted by Crippen LogP contribution is 2.42. The number of rotatable bonds is 3. The van der Waals surface area contributed by atoms with E-state index in [1.165, 1.54) is 49.4 Å². The van der Waals surface area contributed by atoms with Crippen molar-refractivity contribution in [3.05, 3.63) is 152 Å². The van der Waals surface area contributed by atoms with Gasteiger partial charge in [-0.1, -0.05) is 96.3 Å². The molecule has 0 N–H and O–H groups in total. The highest BCUT2D eigenvalue weighted by molar-refractivity contribution is 7.22. The van der Waals surface area contributed by atoms with Crippen molar-refractivity contribution >= 4 is 87.1 Å². The molecule has 0 bridgehead atoms. The van der Waals surface area contributed by atoms with Crippen LogP contribution in [0.15, 0.2) is 156 Å². The molecule has 48 heavy (non-hydrogen) atoms. The summed E-state index contributed by atoms with van der Waals surface area (Å²) < 4.78 is 12.0. The molecule has 0 radical (unpaired) electrons. The van der Waals surface area contributed by atoms with Crippen molar-refractivity contribution in [3.63, 3.8) is 0 Å². The van der Waals surface area contributed by atoms with E-state index in [0.29, 0.717) is 0 Å². The Labute approximate surface area is 278 Å². The van der Waals surface area contributed by atoms with Gasteiger partial charge in [0.05, 0.1) is 32.3 Å². The molecule has 0 fully saturated rings. The molecule has 11 aromatic rings. The molecule has 7 aromatic carbocycles. The Balaban J connectivity index is 1.11. The van der Waals surface area contributed by atoms with Crippen molar-refractivity contribution in [1.29, 1.82) is 0 Å². The lowest BCUT2D eigenvalue weighted by Gasteiger charge is -2.08. The fourth-order valence-corrected chi connectivity index (χ4v) is 8.79. The van der Waals surface area contributed by atoms with Crippen molar-refractivity contribution in [2.45, 2.75) is 0 Å². The van der Waals surface area contributed by atoms with Crippen molar-refractivity contribution in [1.82, 2.24) is 14.1 Å². The first-order chi connectivity index (χ1) is 23.8. The molecule has 4 aromatic heterocycles. The van der Waals surface area contributed by atoms with Crippen LogP contribution in [0.25, 0.3) is 97.7 Å². The predicted octanol–water partition coefficient (Wildman–Crippen LogP) is 12.1. The van der Waals surface area contributed by atoms with Gasteiger partial charge in [0.25, 0.3) is 0 Å². The average molecular weight is 632 g/mol. The number of para-hydroxylation sites is 4. The fraction of sp³-hybridized carbons (Fsp3) is 0. The number of thiazole rings is 1. The van der Waals surface area contributed by atoms with E-state index < -0.39 is 0 Å². The van der Waals surface area contributed by atoms with Gasteiger partial charge in [0.1, 0.15) is 11.2 Å². The molecule has 0 saturated carbocycles. The number of hydrogen-bond acceptors (Lipinski definition) is 3. The van der Waals surface area contributed by atoms with Crippen LogP contribution in [-0.4, -0.2) is 14.1 Å². The Bertz CT molecular complexity index is 3070. The SMILES string of the molecule is c1ccc(-n2c3ccccc3c3cc(-c4ccc5c(c4)c4ccccc4n5-c4nc5ccc6oc7ccccc7c6c5s4)ccc32)cc1. The zero-order chi connectivity index (χ0) is 31.3. The molecule has 0 aliphatic carbocycles. The monoisotopic (exact) mass is 631 g/mol. The van der Waals surface area contributed by atoms with Gasteiger partial charge in [-0.05, 0) is 77.9 Å². The number of furan rings is 1. The molecule has 0 spiro atoms. The quantitative estimate of drug-likeness (QED) is 0.194. The van der Waals surface area contributed by atoms with Crippen molar-refractivity contribution in [2.24, 2.45) is 0 Å². The average Bonchev–Trinajstić information content (AvgIpc) is 3.90. The van der Waals surface area contributed by atoms with Gasteiger partial charge >= 0.3 is 0 Å². The molecule has 4 heterocycles. The van der Waals surface area contributed by atoms with Crippen molar-refractivity contribution in [3.8, 4) is 21.9 Å². The maximum Gasteiger partial charge on any atom is 0.195 e. The lowest BCUT2D eigenvalue weighted by Crippen LogP contribution is -1.93. The summed E-state index contributed by atoms with van der Waals surface area (Å²) in [4.78, 5) is 5.20. The molecule has 0 unspecified atom stereocenters. The molecule has 4 nitrogen and oxygen atoms in total. The first kappa shape index (κ1) is 26.0. The van der Waals surface area contributed by atoms with Gasteiger partial charge in [-0.15, -0.1) is 0 Å². The molecular formula is C43H25N3OS. The topological polar surface area (TPSA) is 35.9 Å². The molecule has 0 aliphatic heterocycles. The number of fused-ring (bicyclic) bond motifs is 11. The van der Waals surface area contributed by atoms with Crippen molar-refractivity contribution in [2.75, 3.05) is 0 Å². The van der Waals surface area contributed by atoms with Crippen LogP contribution in [-0.2, 0) is 0 Å². The molecule has 0 atom stereocenters. The maximum atomic E-state index is 6.20. The van der Waals surface area contributed by atoms with E-state index in [4.69, 9.17) is 9.40 Å². The largest absolute Gasteiger partial charge is 0.456 e. The summed E-state index contributed by atoms with van der Waals surface area (Å²) in [6.07, 6.45) is 0. The van der Waals surface area contributed by atoms with Gasteiger partial charge < -0.3 is 8.98 Å². The minimum Gasteiger partial charge on any atom is -0.456 e. The van der Waals surface area contributed by atoms with Crippen LogP contribution in [0.5, 0.6) is 0 Å². The summed E-state index contributed by atoms with van der Waals surface area (Å²) >= 11 is 1.73. The lowest BCUT2D eigenvalue weighted by atomic mass is 10.0. The minimum atomic E-state index is 0.898. The smallest absolute Gasteiger partial charge is 0.195 e. The Kier molecular flexibility index (Phi) is 5.23. The third-order valence-electron chi connectivity index (χ3n) is 9.77. The summed E-state index contributed by atoms with van der Waals surface area (Å²) in [6.45, 7) is 0. The second kappa shape index (κ2) is 9.67. The number of nitrogens with zero attached hydrogens (tertiary/aromatic N) is 3. The van der Waals surface area contributed by atoms with Crippen LogP contribution < -0.4 is 0 Å². The Morgan fingerprint density at radius 3 is 1.77 bits per heavy atom. The van der Waals surface area contributed by atoms with E-state index in [0.717, 1.165) is 48.3 Å². The highest BCUT2D eigenvalue weighted by atomic mass is 32.1. The summed E-state index contributed by atoms with van der Waals surface area (Å²) in [7, 11) is 0. The van der Waals surface area contributed by atoms with E-state index in [1.54, 1.807) is 11.3 Å². The summed E-state index contributed by atoms with van der Waals surface area (Å²) in [5.41, 5.74) is 11.1. The van der Waals surface area contributed by atoms with E-state index in [-0.39, 0.29) is 0 Å². The van der Waals surface area contributed by atoms with Crippen LogP contribution >= 0.6 is 11.3 Å². The highest BCUT2D eigenvalue weighted by Gasteiger charge is 2.19. The van der Waals surface area contributed by atoms with Crippen LogP contribution in [0.4, 0.5) is 0 Å². The second-order valence-electron chi connectivity index (χ2n) is 12.4. The Morgan fingerprint density at radius 2 is 1.04 bits per heavy atom. The zero-order valence-electron chi connectivity index (χ0n) is 25.6. The summed E-state index contributed by atoms with van der Waals surface area (Å²) in [6, 6.07) is 54.1. The van der Waals surface area contributed by atoms with Gasteiger partial charge in [0.2, 0.25) is 0 Å². The standard InChI is InChI=1S/C43H25N3OS/c1-2-10-28(11-3-1)45-35-15-7-4-12-29(35)32-24-26(18-21-37(32)45)27-19-22-38-33(25-27)30-13-5-8-16-36(30)46(38)43-44-34-20-23-40-41(42(34)48-43)31-14-6-9-17-39(31)47-40/h1-25H. The molecule has 5 heteroatoms. The summed E-state index contributed by atoms with van der Waals surface area (Å²) in [5, 5.41) is 8.16. The van der Waals surface area contributed by atoms with Gasteiger partial charge in [-0.3, -0.25) is 4.57 Å². The van der Waals surface area contributed by atoms with Gasteiger partial charge in [-0.2, -0.15) is 0 Å². The Morgan fingerprint density at radius 1 is 0.458 bits per heavy atom. The fourth-order valence-electron chi connectivity index (χ4n) is 7.64. The molecule has 0 aliphatic rings. The zero-order valence-corrected chi connectivity index (χ0v) is 26.4. The summed E-state index contributed by atoms with van der Waals surface area (Å²) in [5.74, 6) is 0. The normalized spacial score (nSPS) is 12.2. The van der Waals surface area contributed by atoms with E-state index in [9.17, 15) is 0 Å². The van der Waals surface area contributed by atoms with E-state index in [1.807, 2.05) is 18.2 Å². The number of hydrogen-bond donors (Lipinski definition) is 0. The predicted molar refractivity (Wildman–Crippen MR) is 201 cm³/mol. The van der Waals surface area contributed by atoms with E-state index in [2.05, 4.69) is 143 Å². The van der Waals surface area contributed by atoms with Crippen LogP contribution in [0.3, 0.4) is 0 Å². The minimum absolute atomic E-state index is 0.898. The van der Waals surface area contributed by atoms with Crippen molar-refractivity contribution < 1.29 is 4.42 Å². The Hall–Kier alpha value is -6.17. The molecule has 0 amide bonds. The molecule has 0 saturated heterocycles. The van der Waals surface area contributed by atoms with Crippen LogP contribution in [0.1, 0.15) is 0 Å². The van der Waals surface area contributed by atoms with Gasteiger partial charge in [0, 0.05) is 38.0 Å². The molecular weight excluding hydrogens is 607 g/mol. The van der Waals surface area contributed by atoms with E-state index >= 15 is 0 Å². The molecule has 224 valence electrons. The third kappa shape index (κ3) is 3.56. The first-order valence-electron chi connectivity index (χ1n) is 16.1. The van der Waals surface area contributed by atoms with Crippen LogP contribution in [0.2, 0.25) is 0 Å². The van der Waals surface area contributed by atoms with Crippen LogP contribution in [0, 0.1) is 0 Å². The van der Waals surface area contributed by atoms with Gasteiger partial charge in [0.15, 0.2) is 5.13 Å². The molecule has 11 rings (SSSR count). The lowest BCUT2D eigenvalue weighted by molar-refractivity contribution is 0.669. The second-order valence-corrected chi connectivity index (χ2v) is 13.4. The number of aromatic nitrogens is 3. The first-order valence-corrected chi connectivity index (χ1v) is 17.0. The van der Waals surface area contributed by atoms with Gasteiger partial charge in [-0.25, -0.2) is 4.98 Å². The maximum absolute atomic E-state index is 6.20. The third-order valence-corrected chi connectivity index (χ3v) is 10.8. The number of benzene rings is 7.